The van der Waals surface area contributed by atoms with Gasteiger partial charge in [0.15, 0.2) is 0 Å². The number of aromatic amines is 1. The standard InChI is InChI=1S/C31H34N4O4/c1-4-16-34(31(37)25-14-11-23(3)29(18-25)35(38)39)21-30(36)33(20-24-12-9-22(2)10-13-24)17-15-26-19-32-28-8-6-5-7-27(26)28/h5-14,18-19,32H,4,15-17,20-21H2,1-3H3. The Kier molecular flexibility index (Phi) is 8.76. The Morgan fingerprint density at radius 2 is 1.69 bits per heavy atom. The van der Waals surface area contributed by atoms with Gasteiger partial charge in [-0.3, -0.25) is 19.7 Å². The number of benzene rings is 3. The summed E-state index contributed by atoms with van der Waals surface area (Å²) >= 11 is 0. The van der Waals surface area contributed by atoms with Crippen LogP contribution in [-0.4, -0.2) is 51.2 Å². The summed E-state index contributed by atoms with van der Waals surface area (Å²) in [5, 5.41) is 12.6. The molecule has 0 aliphatic carbocycles. The summed E-state index contributed by atoms with van der Waals surface area (Å²) in [6, 6.07) is 20.6. The first-order valence-corrected chi connectivity index (χ1v) is 13.2. The van der Waals surface area contributed by atoms with E-state index in [0.717, 1.165) is 27.6 Å². The van der Waals surface area contributed by atoms with Crippen molar-refractivity contribution in [2.75, 3.05) is 19.6 Å². The van der Waals surface area contributed by atoms with Crippen LogP contribution in [0.3, 0.4) is 0 Å². The minimum absolute atomic E-state index is 0.103. The van der Waals surface area contributed by atoms with Gasteiger partial charge >= 0.3 is 0 Å². The van der Waals surface area contributed by atoms with Crippen LogP contribution in [0.25, 0.3) is 10.9 Å². The van der Waals surface area contributed by atoms with Crippen molar-refractivity contribution in [2.45, 2.75) is 40.2 Å². The van der Waals surface area contributed by atoms with E-state index in [1.165, 1.54) is 11.0 Å². The van der Waals surface area contributed by atoms with Crippen molar-refractivity contribution in [3.05, 3.63) is 111 Å². The lowest BCUT2D eigenvalue weighted by Crippen LogP contribution is -2.43. The third-order valence-electron chi connectivity index (χ3n) is 6.93. The van der Waals surface area contributed by atoms with E-state index in [-0.39, 0.29) is 29.6 Å². The van der Waals surface area contributed by atoms with Crippen molar-refractivity contribution in [2.24, 2.45) is 0 Å². The number of H-pyrrole nitrogens is 1. The smallest absolute Gasteiger partial charge is 0.273 e. The molecule has 1 aromatic heterocycles. The Bertz CT molecular complexity index is 1480. The van der Waals surface area contributed by atoms with Gasteiger partial charge in [0.2, 0.25) is 5.91 Å². The van der Waals surface area contributed by atoms with Gasteiger partial charge in [0, 0.05) is 53.9 Å². The summed E-state index contributed by atoms with van der Waals surface area (Å²) in [5.41, 5.74) is 4.91. The second kappa shape index (κ2) is 12.4. The molecule has 8 heteroatoms. The molecule has 8 nitrogen and oxygen atoms in total. The van der Waals surface area contributed by atoms with Crippen molar-refractivity contribution in [3.63, 3.8) is 0 Å². The number of carbonyl (C=O) groups is 2. The SMILES string of the molecule is CCCN(CC(=O)N(CCc1c[nH]c2ccccc12)Cc1ccc(C)cc1)C(=O)c1ccc(C)c([N+](=O)[O-])c1. The number of nitrogens with one attached hydrogen (secondary N) is 1. The predicted molar refractivity (Wildman–Crippen MR) is 153 cm³/mol. The van der Waals surface area contributed by atoms with Crippen molar-refractivity contribution >= 4 is 28.4 Å². The first-order valence-electron chi connectivity index (χ1n) is 13.2. The summed E-state index contributed by atoms with van der Waals surface area (Å²) in [6.45, 7) is 6.76. The number of nitrogens with zero attached hydrogens (tertiary/aromatic N) is 3. The molecule has 3 aromatic carbocycles. The molecule has 0 atom stereocenters. The van der Waals surface area contributed by atoms with Gasteiger partial charge in [0.05, 0.1) is 4.92 Å². The molecule has 0 spiro atoms. The molecule has 39 heavy (non-hydrogen) atoms. The van der Waals surface area contributed by atoms with Crippen LogP contribution in [0.1, 0.15) is 46.0 Å². The number of rotatable bonds is 11. The fourth-order valence-electron chi connectivity index (χ4n) is 4.71. The molecule has 4 rings (SSSR count). The average Bonchev–Trinajstić information content (AvgIpc) is 3.34. The molecule has 0 saturated heterocycles. The van der Waals surface area contributed by atoms with Crippen LogP contribution in [0.5, 0.6) is 0 Å². The molecule has 1 N–H and O–H groups in total. The maximum absolute atomic E-state index is 13.7. The second-order valence-corrected chi connectivity index (χ2v) is 9.90. The van der Waals surface area contributed by atoms with Gasteiger partial charge in [-0.25, -0.2) is 0 Å². The molecule has 0 unspecified atom stereocenters. The zero-order chi connectivity index (χ0) is 27.9. The molecule has 202 valence electrons. The van der Waals surface area contributed by atoms with Crippen LogP contribution in [0, 0.1) is 24.0 Å². The summed E-state index contributed by atoms with van der Waals surface area (Å²) in [7, 11) is 0. The van der Waals surface area contributed by atoms with E-state index in [1.807, 2.05) is 62.5 Å². The molecular weight excluding hydrogens is 492 g/mol. The van der Waals surface area contributed by atoms with Gasteiger partial charge in [-0.15, -0.1) is 0 Å². The maximum atomic E-state index is 13.7. The molecule has 0 aliphatic rings. The van der Waals surface area contributed by atoms with E-state index in [2.05, 4.69) is 11.1 Å². The monoisotopic (exact) mass is 526 g/mol. The largest absolute Gasteiger partial charge is 0.361 e. The van der Waals surface area contributed by atoms with Gasteiger partial charge in [0.25, 0.3) is 11.6 Å². The minimum atomic E-state index is -0.491. The van der Waals surface area contributed by atoms with Crippen molar-refractivity contribution in [1.82, 2.24) is 14.8 Å². The van der Waals surface area contributed by atoms with Gasteiger partial charge < -0.3 is 14.8 Å². The zero-order valence-electron chi connectivity index (χ0n) is 22.6. The Hall–Kier alpha value is -4.46. The lowest BCUT2D eigenvalue weighted by atomic mass is 10.1. The molecule has 4 aromatic rings. The number of hydrogen-bond acceptors (Lipinski definition) is 4. The van der Waals surface area contributed by atoms with E-state index in [4.69, 9.17) is 0 Å². The average molecular weight is 527 g/mol. The van der Waals surface area contributed by atoms with E-state index < -0.39 is 4.92 Å². The molecule has 0 saturated carbocycles. The third-order valence-corrected chi connectivity index (χ3v) is 6.93. The molecule has 2 amide bonds. The third kappa shape index (κ3) is 6.71. The Labute approximate surface area is 228 Å². The highest BCUT2D eigenvalue weighted by Gasteiger charge is 2.24. The van der Waals surface area contributed by atoms with E-state index in [9.17, 15) is 19.7 Å². The van der Waals surface area contributed by atoms with Crippen LogP contribution in [0.4, 0.5) is 5.69 Å². The maximum Gasteiger partial charge on any atom is 0.273 e. The molecule has 0 radical (unpaired) electrons. The number of carbonyl (C=O) groups excluding carboxylic acids is 2. The fraction of sp³-hybridized carbons (Fsp3) is 0.290. The van der Waals surface area contributed by atoms with Crippen LogP contribution < -0.4 is 0 Å². The number of hydrogen-bond donors (Lipinski definition) is 1. The number of fused-ring (bicyclic) bond motifs is 1. The van der Waals surface area contributed by atoms with E-state index in [1.54, 1.807) is 24.0 Å². The minimum Gasteiger partial charge on any atom is -0.361 e. The summed E-state index contributed by atoms with van der Waals surface area (Å²) in [5.74, 6) is -0.556. The normalized spacial score (nSPS) is 10.9. The summed E-state index contributed by atoms with van der Waals surface area (Å²) in [6.07, 6.45) is 3.30. The van der Waals surface area contributed by atoms with E-state index >= 15 is 0 Å². The Balaban J connectivity index is 1.55. The number of nitro benzene ring substituents is 1. The van der Waals surface area contributed by atoms with Crippen LogP contribution in [0.2, 0.25) is 0 Å². The highest BCUT2D eigenvalue weighted by atomic mass is 16.6. The van der Waals surface area contributed by atoms with Gasteiger partial charge in [-0.1, -0.05) is 61.0 Å². The van der Waals surface area contributed by atoms with Gasteiger partial charge in [-0.05, 0) is 49.9 Å². The highest BCUT2D eigenvalue weighted by Crippen LogP contribution is 2.22. The number of aryl methyl sites for hydroxylation is 2. The Morgan fingerprint density at radius 3 is 2.41 bits per heavy atom. The molecular formula is C31H34N4O4. The molecule has 0 aliphatic heterocycles. The highest BCUT2D eigenvalue weighted by molar-refractivity contribution is 5.97. The summed E-state index contributed by atoms with van der Waals surface area (Å²) < 4.78 is 0. The number of nitro groups is 1. The molecule has 0 fully saturated rings. The quantitative estimate of drug-likeness (QED) is 0.197. The zero-order valence-corrected chi connectivity index (χ0v) is 22.6. The Morgan fingerprint density at radius 1 is 0.949 bits per heavy atom. The van der Waals surface area contributed by atoms with Gasteiger partial charge in [0.1, 0.15) is 6.54 Å². The van der Waals surface area contributed by atoms with Crippen molar-refractivity contribution in [3.8, 4) is 0 Å². The number of para-hydroxylation sites is 1. The van der Waals surface area contributed by atoms with Crippen LogP contribution >= 0.6 is 0 Å². The first kappa shape index (κ1) is 27.6. The lowest BCUT2D eigenvalue weighted by Gasteiger charge is -2.28. The van der Waals surface area contributed by atoms with Crippen molar-refractivity contribution < 1.29 is 14.5 Å². The molecule has 0 bridgehead atoms. The van der Waals surface area contributed by atoms with Crippen LogP contribution in [0.15, 0.2) is 72.9 Å². The summed E-state index contributed by atoms with van der Waals surface area (Å²) in [4.78, 5) is 44.6. The van der Waals surface area contributed by atoms with Crippen molar-refractivity contribution in [1.29, 1.82) is 0 Å². The lowest BCUT2D eigenvalue weighted by molar-refractivity contribution is -0.385. The second-order valence-electron chi connectivity index (χ2n) is 9.90. The fourth-order valence-corrected chi connectivity index (χ4v) is 4.71. The number of aromatic nitrogens is 1. The molecule has 1 heterocycles. The van der Waals surface area contributed by atoms with Crippen LogP contribution in [-0.2, 0) is 17.8 Å². The topological polar surface area (TPSA) is 99.6 Å². The van der Waals surface area contributed by atoms with Gasteiger partial charge in [-0.2, -0.15) is 0 Å². The first-order chi connectivity index (χ1) is 18.8. The predicted octanol–water partition coefficient (Wildman–Crippen LogP) is 5.82. The number of amides is 2. The van der Waals surface area contributed by atoms with E-state index in [0.29, 0.717) is 38.0 Å².